The molecule has 0 aliphatic rings. The molecule has 0 bridgehead atoms. The molecule has 2 amide bonds. The molecule has 1 aromatic heterocycles. The van der Waals surface area contributed by atoms with Crippen LogP contribution in [0.4, 0.5) is 0 Å². The van der Waals surface area contributed by atoms with E-state index in [0.29, 0.717) is 9.48 Å². The molecule has 0 saturated carbocycles. The van der Waals surface area contributed by atoms with Crippen molar-refractivity contribution in [1.82, 2.24) is 10.3 Å². The van der Waals surface area contributed by atoms with Crippen LogP contribution < -0.4 is 11.1 Å². The minimum atomic E-state index is -0.575. The molecular formula is C6H6BrN3O2S. The molecule has 0 spiro atoms. The van der Waals surface area contributed by atoms with Gasteiger partial charge in [0.25, 0.3) is 5.91 Å². The van der Waals surface area contributed by atoms with Crippen molar-refractivity contribution in [3.05, 3.63) is 15.0 Å². The molecule has 0 aliphatic carbocycles. The van der Waals surface area contributed by atoms with Crippen LogP contribution in [0.15, 0.2) is 10.1 Å². The van der Waals surface area contributed by atoms with Crippen molar-refractivity contribution in [3.8, 4) is 0 Å². The van der Waals surface area contributed by atoms with Crippen molar-refractivity contribution in [2.24, 2.45) is 5.73 Å². The van der Waals surface area contributed by atoms with E-state index >= 15 is 0 Å². The number of amides is 2. The average Bonchev–Trinajstić information content (AvgIpc) is 2.47. The van der Waals surface area contributed by atoms with E-state index in [9.17, 15) is 9.59 Å². The molecular weight excluding hydrogens is 258 g/mol. The van der Waals surface area contributed by atoms with Crippen molar-refractivity contribution in [1.29, 1.82) is 0 Å². The Bertz CT molecular complexity index is 338. The molecule has 0 fully saturated rings. The Morgan fingerprint density at radius 2 is 2.38 bits per heavy atom. The van der Waals surface area contributed by atoms with E-state index < -0.39 is 5.91 Å². The highest BCUT2D eigenvalue weighted by molar-refractivity contribution is 9.10. The number of rotatable bonds is 3. The summed E-state index contributed by atoms with van der Waals surface area (Å²) < 4.78 is 0.472. The number of nitrogens with zero attached hydrogens (tertiary/aromatic N) is 1. The predicted octanol–water partition coefficient (Wildman–Crippen LogP) is 0.121. The molecule has 3 N–H and O–H groups in total. The Morgan fingerprint density at radius 1 is 1.69 bits per heavy atom. The fourth-order valence-electron chi connectivity index (χ4n) is 0.627. The number of aromatic nitrogens is 1. The maximum Gasteiger partial charge on any atom is 0.264 e. The van der Waals surface area contributed by atoms with Gasteiger partial charge in [0.2, 0.25) is 5.91 Å². The number of nitrogens with one attached hydrogen (secondary N) is 1. The summed E-state index contributed by atoms with van der Waals surface area (Å²) in [5.41, 5.74) is 6.39. The summed E-state index contributed by atoms with van der Waals surface area (Å²) in [6.07, 6.45) is 0. The van der Waals surface area contributed by atoms with E-state index in [2.05, 4.69) is 26.2 Å². The van der Waals surface area contributed by atoms with E-state index in [0.717, 1.165) is 0 Å². The molecule has 0 aromatic carbocycles. The van der Waals surface area contributed by atoms with Crippen LogP contribution in [-0.4, -0.2) is 23.3 Å². The SMILES string of the molecule is NC(=O)CNC(=O)c1scnc1Br. The highest BCUT2D eigenvalue weighted by Crippen LogP contribution is 2.18. The third-order valence-electron chi connectivity index (χ3n) is 1.15. The number of hydrogen-bond acceptors (Lipinski definition) is 4. The molecule has 0 radical (unpaired) electrons. The summed E-state index contributed by atoms with van der Waals surface area (Å²) in [4.78, 5) is 25.8. The minimum Gasteiger partial charge on any atom is -0.368 e. The fourth-order valence-corrected chi connectivity index (χ4v) is 1.92. The van der Waals surface area contributed by atoms with Gasteiger partial charge >= 0.3 is 0 Å². The second kappa shape index (κ2) is 4.33. The lowest BCUT2D eigenvalue weighted by molar-refractivity contribution is -0.117. The highest BCUT2D eigenvalue weighted by Gasteiger charge is 2.12. The Kier molecular flexibility index (Phi) is 3.38. The van der Waals surface area contributed by atoms with Crippen LogP contribution >= 0.6 is 27.3 Å². The van der Waals surface area contributed by atoms with E-state index in [-0.39, 0.29) is 12.5 Å². The number of halogens is 1. The van der Waals surface area contributed by atoms with Crippen LogP contribution in [-0.2, 0) is 4.79 Å². The van der Waals surface area contributed by atoms with Gasteiger partial charge in [0, 0.05) is 0 Å². The summed E-state index contributed by atoms with van der Waals surface area (Å²) in [6.45, 7) is -0.164. The van der Waals surface area contributed by atoms with Crippen LogP contribution in [0.3, 0.4) is 0 Å². The second-order valence-electron chi connectivity index (χ2n) is 2.12. The zero-order valence-electron chi connectivity index (χ0n) is 6.41. The standard InChI is InChI=1S/C6H6BrN3O2S/c7-5-4(13-2-10-5)6(12)9-1-3(8)11/h2H,1H2,(H2,8,11)(H,9,12). The quantitative estimate of drug-likeness (QED) is 0.813. The lowest BCUT2D eigenvalue weighted by Crippen LogP contribution is -2.32. The van der Waals surface area contributed by atoms with Gasteiger partial charge in [-0.25, -0.2) is 4.98 Å². The third-order valence-corrected chi connectivity index (χ3v) is 2.84. The van der Waals surface area contributed by atoms with E-state index in [1.54, 1.807) is 0 Å². The number of carbonyl (C=O) groups is 2. The molecule has 0 atom stereocenters. The molecule has 0 unspecified atom stereocenters. The summed E-state index contributed by atoms with van der Waals surface area (Å²) in [6, 6.07) is 0. The largest absolute Gasteiger partial charge is 0.368 e. The lowest BCUT2D eigenvalue weighted by atomic mass is 10.5. The molecule has 70 valence electrons. The van der Waals surface area contributed by atoms with Gasteiger partial charge in [0.15, 0.2) is 0 Å². The summed E-state index contributed by atoms with van der Waals surface area (Å²) in [7, 11) is 0. The van der Waals surface area contributed by atoms with Gasteiger partial charge in [0.1, 0.15) is 9.48 Å². The van der Waals surface area contributed by atoms with Crippen molar-refractivity contribution >= 4 is 39.1 Å². The molecule has 1 aromatic rings. The molecule has 0 saturated heterocycles. The molecule has 1 heterocycles. The Morgan fingerprint density at radius 3 is 2.85 bits per heavy atom. The molecule has 0 aliphatic heterocycles. The monoisotopic (exact) mass is 263 g/mol. The third kappa shape index (κ3) is 2.78. The van der Waals surface area contributed by atoms with E-state index in [1.165, 1.54) is 16.8 Å². The summed E-state index contributed by atoms with van der Waals surface area (Å²) >= 11 is 4.28. The predicted molar refractivity (Wildman–Crippen MR) is 51.3 cm³/mol. The Hall–Kier alpha value is -0.950. The number of primary amides is 1. The number of carbonyl (C=O) groups excluding carboxylic acids is 2. The van der Waals surface area contributed by atoms with Crippen LogP contribution in [0, 0.1) is 0 Å². The van der Waals surface area contributed by atoms with Gasteiger partial charge in [-0.15, -0.1) is 11.3 Å². The van der Waals surface area contributed by atoms with Crippen LogP contribution in [0.2, 0.25) is 0 Å². The first kappa shape index (κ1) is 10.1. The molecule has 13 heavy (non-hydrogen) atoms. The van der Waals surface area contributed by atoms with Crippen molar-refractivity contribution in [2.75, 3.05) is 6.54 Å². The molecule has 1 rings (SSSR count). The van der Waals surface area contributed by atoms with Crippen molar-refractivity contribution in [3.63, 3.8) is 0 Å². The first-order valence-corrected chi connectivity index (χ1v) is 4.94. The van der Waals surface area contributed by atoms with Gasteiger partial charge in [0.05, 0.1) is 12.1 Å². The lowest BCUT2D eigenvalue weighted by Gasteiger charge is -1.98. The topological polar surface area (TPSA) is 85.1 Å². The molecule has 5 nitrogen and oxygen atoms in total. The maximum absolute atomic E-state index is 11.3. The Balaban J connectivity index is 2.59. The van der Waals surface area contributed by atoms with Gasteiger partial charge in [-0.05, 0) is 15.9 Å². The summed E-state index contributed by atoms with van der Waals surface area (Å²) in [5.74, 6) is -0.929. The van der Waals surface area contributed by atoms with Crippen LogP contribution in [0.5, 0.6) is 0 Å². The second-order valence-corrected chi connectivity index (χ2v) is 3.73. The normalized spacial score (nSPS) is 9.62. The number of hydrogen-bond donors (Lipinski definition) is 2. The smallest absolute Gasteiger partial charge is 0.264 e. The zero-order chi connectivity index (χ0) is 9.84. The first-order valence-electron chi connectivity index (χ1n) is 3.26. The summed E-state index contributed by atoms with van der Waals surface area (Å²) in [5, 5.41) is 2.35. The van der Waals surface area contributed by atoms with Crippen molar-refractivity contribution < 1.29 is 9.59 Å². The maximum atomic E-state index is 11.3. The highest BCUT2D eigenvalue weighted by atomic mass is 79.9. The Labute approximate surface area is 86.5 Å². The van der Waals surface area contributed by atoms with Gasteiger partial charge in [-0.3, -0.25) is 9.59 Å². The van der Waals surface area contributed by atoms with E-state index in [1.807, 2.05) is 0 Å². The minimum absolute atomic E-state index is 0.164. The van der Waals surface area contributed by atoms with Crippen LogP contribution in [0.1, 0.15) is 9.67 Å². The number of nitrogens with two attached hydrogens (primary N) is 1. The van der Waals surface area contributed by atoms with Gasteiger partial charge in [-0.1, -0.05) is 0 Å². The number of thiazole rings is 1. The zero-order valence-corrected chi connectivity index (χ0v) is 8.81. The molecule has 7 heteroatoms. The fraction of sp³-hybridized carbons (Fsp3) is 0.167. The average molecular weight is 264 g/mol. The van der Waals surface area contributed by atoms with Gasteiger partial charge < -0.3 is 11.1 Å². The van der Waals surface area contributed by atoms with Crippen molar-refractivity contribution in [2.45, 2.75) is 0 Å². The van der Waals surface area contributed by atoms with Gasteiger partial charge in [-0.2, -0.15) is 0 Å². The van der Waals surface area contributed by atoms with E-state index in [4.69, 9.17) is 5.73 Å². The first-order chi connectivity index (χ1) is 6.11. The van der Waals surface area contributed by atoms with Crippen LogP contribution in [0.25, 0.3) is 0 Å².